The van der Waals surface area contributed by atoms with E-state index in [-0.39, 0.29) is 15.5 Å². The van der Waals surface area contributed by atoms with E-state index < -0.39 is 20.1 Å². The molecule has 1 aliphatic carbocycles. The fourth-order valence-corrected chi connectivity index (χ4v) is 7.81. The highest BCUT2D eigenvalue weighted by Crippen LogP contribution is 2.45. The summed E-state index contributed by atoms with van der Waals surface area (Å²) in [7, 11) is -8.65. The summed E-state index contributed by atoms with van der Waals surface area (Å²) in [5.74, 6) is 0.626. The van der Waals surface area contributed by atoms with Gasteiger partial charge in [0.25, 0.3) is 20.1 Å². The Hall–Kier alpha value is -3.96. The normalized spacial score (nSPS) is 12.0. The minimum atomic E-state index is -4.45. The molecule has 254 valence electrons. The van der Waals surface area contributed by atoms with Crippen LogP contribution in [0.5, 0.6) is 0 Å². The van der Waals surface area contributed by atoms with Gasteiger partial charge in [-0.2, -0.15) is 8.42 Å². The van der Waals surface area contributed by atoms with E-state index in [9.17, 15) is 21.4 Å². The Morgan fingerprint density at radius 1 is 0.833 bits per heavy atom. The smallest absolute Gasteiger partial charge is 0.294 e. The largest absolute Gasteiger partial charge is 0.456 e. The Kier molecular flexibility index (Phi) is 10.8. The van der Waals surface area contributed by atoms with Crippen LogP contribution < -0.4 is 19.6 Å². The van der Waals surface area contributed by atoms with Gasteiger partial charge in [-0.15, -0.1) is 4.33 Å². The summed E-state index contributed by atoms with van der Waals surface area (Å²) in [6, 6.07) is 21.0. The first-order valence-corrected chi connectivity index (χ1v) is 18.8. The third kappa shape index (κ3) is 7.37. The monoisotopic (exact) mass is 714 g/mol. The van der Waals surface area contributed by atoms with Crippen LogP contribution in [0.25, 0.3) is 33.4 Å². The van der Waals surface area contributed by atoms with Crippen LogP contribution in [0.15, 0.2) is 98.0 Å². The maximum atomic E-state index is 13.5. The van der Waals surface area contributed by atoms with Crippen molar-refractivity contribution >= 4 is 54.5 Å². The molecule has 5 rings (SSSR count). The number of hydrogen-bond acceptors (Lipinski definition) is 10. The van der Waals surface area contributed by atoms with Crippen LogP contribution in [0.2, 0.25) is 0 Å². The Labute approximate surface area is 283 Å². The van der Waals surface area contributed by atoms with Gasteiger partial charge in [0.2, 0.25) is 5.36 Å². The molecular formula is C33H36N3O9S3+. The molecule has 0 unspecified atom stereocenters. The van der Waals surface area contributed by atoms with Crippen LogP contribution in [0.1, 0.15) is 27.7 Å². The lowest BCUT2D eigenvalue weighted by Crippen LogP contribution is -2.29. The Bertz CT molecular complexity index is 2190. The molecule has 0 amide bonds. The minimum absolute atomic E-state index is 0.0743. The third-order valence-corrected chi connectivity index (χ3v) is 10.9. The summed E-state index contributed by atoms with van der Waals surface area (Å²) in [6.07, 6.45) is 0. The predicted molar refractivity (Wildman–Crippen MR) is 186 cm³/mol. The van der Waals surface area contributed by atoms with Crippen LogP contribution in [0, 0.1) is 0 Å². The number of hydrogen-bond donors (Lipinski definition) is 3. The summed E-state index contributed by atoms with van der Waals surface area (Å²) in [5.41, 5.74) is 3.81. The molecule has 3 N–H and O–H groups in total. The van der Waals surface area contributed by atoms with Gasteiger partial charge in [0.05, 0.1) is 27.9 Å². The van der Waals surface area contributed by atoms with Crippen LogP contribution in [-0.2, 0) is 29.5 Å². The second-order valence-electron chi connectivity index (χ2n) is 10.7. The highest BCUT2D eigenvalue weighted by atomic mass is 32.2. The molecule has 0 saturated heterocycles. The van der Waals surface area contributed by atoms with Crippen molar-refractivity contribution in [3.05, 3.63) is 84.2 Å². The summed E-state index contributed by atoms with van der Waals surface area (Å²) >= 11 is 0.625. The van der Waals surface area contributed by atoms with E-state index in [0.717, 1.165) is 65.9 Å². The number of nitrogens with one attached hydrogen (secondary N) is 1. The van der Waals surface area contributed by atoms with Crippen LogP contribution in [-0.4, -0.2) is 52.8 Å². The zero-order valence-electron chi connectivity index (χ0n) is 26.7. The number of benzene rings is 4. The van der Waals surface area contributed by atoms with Crippen molar-refractivity contribution in [2.24, 2.45) is 0 Å². The number of sulfonamides is 1. The second kappa shape index (κ2) is 14.7. The van der Waals surface area contributed by atoms with Gasteiger partial charge in [0.15, 0.2) is 0 Å². The van der Waals surface area contributed by atoms with Gasteiger partial charge in [0, 0.05) is 58.0 Å². The first kappa shape index (κ1) is 35.3. The molecule has 2 aliphatic rings. The molecule has 0 fully saturated rings. The molecule has 0 spiro atoms. The van der Waals surface area contributed by atoms with Gasteiger partial charge in [-0.25, -0.2) is 18.3 Å². The van der Waals surface area contributed by atoms with Crippen LogP contribution >= 0.6 is 12.0 Å². The van der Waals surface area contributed by atoms with Gasteiger partial charge in [0.1, 0.15) is 24.4 Å². The molecule has 0 radical (unpaired) electrons. The lowest BCUT2D eigenvalue weighted by molar-refractivity contribution is -0.432. The van der Waals surface area contributed by atoms with Crippen molar-refractivity contribution in [1.82, 2.24) is 4.58 Å². The molecule has 15 heteroatoms. The van der Waals surface area contributed by atoms with E-state index in [1.54, 1.807) is 6.07 Å². The maximum absolute atomic E-state index is 13.5. The van der Waals surface area contributed by atoms with Gasteiger partial charge in [-0.3, -0.25) is 9.27 Å². The zero-order valence-corrected chi connectivity index (χ0v) is 29.2. The van der Waals surface area contributed by atoms with Crippen LogP contribution in [0.4, 0.5) is 11.4 Å². The number of nitrogens with zero attached hydrogens (tertiary/aromatic N) is 2. The number of rotatable bonds is 13. The SMILES string of the molecule is CCN(CC)c1ccc2c(-c3ccc(S(=O)(=O)Nc4ccc(S(=O)(=O)O)cc4)cc3SOOO)c3ccc(=[N+](CC)CC)cc-3oc2c1. The van der Waals surface area contributed by atoms with E-state index in [0.29, 0.717) is 33.8 Å². The lowest BCUT2D eigenvalue weighted by Gasteiger charge is -2.22. The molecule has 0 bridgehead atoms. The summed E-state index contributed by atoms with van der Waals surface area (Å²) < 4.78 is 75.0. The van der Waals surface area contributed by atoms with Gasteiger partial charge < -0.3 is 9.32 Å². The maximum Gasteiger partial charge on any atom is 0.294 e. The van der Waals surface area contributed by atoms with Gasteiger partial charge in [-0.05, 0) is 87.9 Å². The fraction of sp³-hybridized carbons (Fsp3) is 0.242. The standard InChI is InChI=1S/C33H35N3O9S3/c1-5-35(6-2)23-11-16-27-30(19-23)43-31-20-24(36(7-3)8-4)12-17-28(31)33(27)29-18-15-26(21-32(29)46-45-44-37)47(38,39)34-22-9-13-25(14-10-22)48(40,41)42/h9-21,34H,5-8H2,1-4H3,(H-,37,40,41,42)/p+1. The van der Waals surface area contributed by atoms with Crippen molar-refractivity contribution < 1.29 is 40.4 Å². The highest BCUT2D eigenvalue weighted by molar-refractivity contribution is 7.95. The zero-order chi connectivity index (χ0) is 34.6. The molecule has 1 aliphatic heterocycles. The second-order valence-corrected chi connectivity index (χ2v) is 14.5. The van der Waals surface area contributed by atoms with Crippen molar-refractivity contribution in [2.75, 3.05) is 35.8 Å². The molecule has 3 aromatic rings. The average molecular weight is 715 g/mol. The first-order chi connectivity index (χ1) is 22.9. The minimum Gasteiger partial charge on any atom is -0.456 e. The molecule has 3 aromatic carbocycles. The van der Waals surface area contributed by atoms with E-state index in [1.807, 2.05) is 36.4 Å². The van der Waals surface area contributed by atoms with E-state index >= 15 is 0 Å². The van der Waals surface area contributed by atoms with E-state index in [4.69, 9.17) is 14.0 Å². The average Bonchev–Trinajstić information content (AvgIpc) is 3.07. The molecule has 48 heavy (non-hydrogen) atoms. The van der Waals surface area contributed by atoms with Crippen molar-refractivity contribution in [3.63, 3.8) is 0 Å². The molecule has 1 heterocycles. The summed E-state index contributed by atoms with van der Waals surface area (Å²) in [6.45, 7) is 11.6. The topological polar surface area (TPSA) is 159 Å². The predicted octanol–water partition coefficient (Wildman–Crippen LogP) is 6.34. The highest BCUT2D eigenvalue weighted by Gasteiger charge is 2.24. The fourth-order valence-electron chi connectivity index (χ4n) is 5.63. The molecule has 0 atom stereocenters. The Morgan fingerprint density at radius 2 is 1.50 bits per heavy atom. The summed E-state index contributed by atoms with van der Waals surface area (Å²) in [4.78, 5) is 2.00. The molecule has 12 nitrogen and oxygen atoms in total. The number of fused-ring (bicyclic) bond motifs is 2. The van der Waals surface area contributed by atoms with E-state index in [1.165, 1.54) is 24.3 Å². The molecular weight excluding hydrogens is 679 g/mol. The quantitative estimate of drug-likeness (QED) is 0.0312. The Morgan fingerprint density at radius 3 is 2.12 bits per heavy atom. The van der Waals surface area contributed by atoms with E-state index in [2.05, 4.69) is 46.9 Å². The number of anilines is 2. The third-order valence-electron chi connectivity index (χ3n) is 8.04. The van der Waals surface area contributed by atoms with Crippen molar-refractivity contribution in [1.29, 1.82) is 0 Å². The van der Waals surface area contributed by atoms with Gasteiger partial charge in [-0.1, -0.05) is 11.1 Å². The summed E-state index contributed by atoms with van der Waals surface area (Å²) in [5, 5.41) is 14.7. The van der Waals surface area contributed by atoms with Crippen LogP contribution in [0.3, 0.4) is 0 Å². The molecule has 0 aromatic heterocycles. The van der Waals surface area contributed by atoms with Gasteiger partial charge >= 0.3 is 0 Å². The first-order valence-electron chi connectivity index (χ1n) is 15.2. The molecule has 0 saturated carbocycles. The Balaban J connectivity index is 1.71. The van der Waals surface area contributed by atoms with Crippen molar-refractivity contribution in [2.45, 2.75) is 42.4 Å². The van der Waals surface area contributed by atoms with Crippen molar-refractivity contribution in [3.8, 4) is 22.5 Å². The lowest BCUT2D eigenvalue weighted by atomic mass is 9.93.